The number of ether oxygens (including phenoxy) is 3. The number of aliphatic hydroxyl groups is 1. The van der Waals surface area contributed by atoms with E-state index in [1.807, 2.05) is 0 Å². The topological polar surface area (TPSA) is 139 Å². The van der Waals surface area contributed by atoms with Crippen LogP contribution in [0.5, 0.6) is 0 Å². The van der Waals surface area contributed by atoms with Crippen molar-refractivity contribution in [3.05, 3.63) is 0 Å². The van der Waals surface area contributed by atoms with Crippen LogP contribution in [0.2, 0.25) is 0 Å². The van der Waals surface area contributed by atoms with E-state index in [2.05, 4.69) is 4.74 Å². The van der Waals surface area contributed by atoms with Crippen LogP contribution in [0.25, 0.3) is 0 Å². The molecule has 1 N–H and O–H groups in total. The molecule has 4 atom stereocenters. The van der Waals surface area contributed by atoms with Gasteiger partial charge in [-0.15, -0.1) is 0 Å². The van der Waals surface area contributed by atoms with Gasteiger partial charge in [0.1, 0.15) is 12.7 Å². The molecule has 1 saturated heterocycles. The summed E-state index contributed by atoms with van der Waals surface area (Å²) in [6, 6.07) is 0. The fourth-order valence-corrected chi connectivity index (χ4v) is 5.19. The molecule has 184 valence electrons. The van der Waals surface area contributed by atoms with Crippen molar-refractivity contribution >= 4 is 22.1 Å². The molecule has 2 bridgehead atoms. The van der Waals surface area contributed by atoms with Gasteiger partial charge in [-0.05, 0) is 19.3 Å². The lowest BCUT2D eigenvalue weighted by atomic mass is 9.69. The molecule has 0 spiro atoms. The van der Waals surface area contributed by atoms with Gasteiger partial charge < -0.3 is 23.9 Å². The molecular weight excluding hydrogens is 468 g/mol. The van der Waals surface area contributed by atoms with Gasteiger partial charge in [0.25, 0.3) is 0 Å². The molecule has 0 amide bonds. The first-order valence-corrected chi connectivity index (χ1v) is 11.5. The number of hydrogen-bond donors (Lipinski definition) is 1. The SMILES string of the molecule is O=C(COC1CC(C2(O)CCCC2)C2CC1OC2=O)OCCC(F)(F)C(F)(F)S(=O)(=O)[O-]. The van der Waals surface area contributed by atoms with Crippen LogP contribution in [0.4, 0.5) is 17.6 Å². The van der Waals surface area contributed by atoms with Gasteiger partial charge in [-0.2, -0.15) is 17.6 Å². The molecular formula is C18H23F4O9S-. The normalized spacial score (nSPS) is 30.2. The Hall–Kier alpha value is -1.51. The van der Waals surface area contributed by atoms with E-state index in [4.69, 9.17) is 9.47 Å². The quantitative estimate of drug-likeness (QED) is 0.287. The Balaban J connectivity index is 1.51. The van der Waals surface area contributed by atoms with Crippen molar-refractivity contribution in [3.63, 3.8) is 0 Å². The smallest absolute Gasteiger partial charge is 0.396 e. The molecule has 1 heterocycles. The summed E-state index contributed by atoms with van der Waals surface area (Å²) in [5.41, 5.74) is -1.04. The van der Waals surface area contributed by atoms with Gasteiger partial charge in [0.15, 0.2) is 10.1 Å². The number of alkyl halides is 4. The largest absolute Gasteiger partial charge is 0.743 e. The molecule has 2 saturated carbocycles. The molecule has 2 aliphatic carbocycles. The van der Waals surface area contributed by atoms with Crippen LogP contribution >= 0.6 is 0 Å². The van der Waals surface area contributed by atoms with Gasteiger partial charge in [-0.25, -0.2) is 13.2 Å². The van der Waals surface area contributed by atoms with Gasteiger partial charge in [-0.3, -0.25) is 4.79 Å². The molecule has 4 unspecified atom stereocenters. The predicted molar refractivity (Wildman–Crippen MR) is 94.4 cm³/mol. The summed E-state index contributed by atoms with van der Waals surface area (Å²) in [6.45, 7) is -2.05. The summed E-state index contributed by atoms with van der Waals surface area (Å²) in [6.07, 6.45) is -0.0815. The maximum Gasteiger partial charge on any atom is 0.396 e. The lowest BCUT2D eigenvalue weighted by Crippen LogP contribution is -2.47. The highest BCUT2D eigenvalue weighted by atomic mass is 32.2. The molecule has 0 aromatic heterocycles. The van der Waals surface area contributed by atoms with Crippen LogP contribution in [0.3, 0.4) is 0 Å². The second-order valence-electron chi connectivity index (χ2n) is 8.47. The van der Waals surface area contributed by atoms with Crippen molar-refractivity contribution in [2.75, 3.05) is 13.2 Å². The number of esters is 2. The van der Waals surface area contributed by atoms with E-state index in [9.17, 15) is 45.2 Å². The third kappa shape index (κ3) is 4.73. The van der Waals surface area contributed by atoms with E-state index >= 15 is 0 Å². The van der Waals surface area contributed by atoms with Crippen molar-refractivity contribution in [3.8, 4) is 0 Å². The number of halogens is 4. The van der Waals surface area contributed by atoms with Gasteiger partial charge in [-0.1, -0.05) is 12.8 Å². The van der Waals surface area contributed by atoms with Gasteiger partial charge >= 0.3 is 23.1 Å². The Morgan fingerprint density at radius 2 is 1.84 bits per heavy atom. The number of fused-ring (bicyclic) bond motifs is 2. The minimum absolute atomic E-state index is 0.233. The molecule has 3 rings (SSSR count). The zero-order valence-corrected chi connectivity index (χ0v) is 17.6. The van der Waals surface area contributed by atoms with Crippen LogP contribution < -0.4 is 0 Å². The highest BCUT2D eigenvalue weighted by Crippen LogP contribution is 2.49. The molecule has 32 heavy (non-hydrogen) atoms. The van der Waals surface area contributed by atoms with Crippen molar-refractivity contribution in [2.24, 2.45) is 11.8 Å². The molecule has 0 radical (unpaired) electrons. The monoisotopic (exact) mass is 491 g/mol. The fourth-order valence-electron chi connectivity index (χ4n) is 4.72. The number of carbonyl (C=O) groups excluding carboxylic acids is 2. The van der Waals surface area contributed by atoms with Crippen LogP contribution in [0.15, 0.2) is 0 Å². The summed E-state index contributed by atoms with van der Waals surface area (Å²) < 4.78 is 98.9. The highest BCUT2D eigenvalue weighted by Gasteiger charge is 2.61. The van der Waals surface area contributed by atoms with Crippen molar-refractivity contribution < 1.29 is 59.4 Å². The molecule has 14 heteroatoms. The number of hydrogen-bond acceptors (Lipinski definition) is 9. The van der Waals surface area contributed by atoms with E-state index in [-0.39, 0.29) is 6.42 Å². The Kier molecular flexibility index (Phi) is 6.82. The van der Waals surface area contributed by atoms with Crippen LogP contribution in [0, 0.1) is 11.8 Å². The third-order valence-electron chi connectivity index (χ3n) is 6.44. The maximum absolute atomic E-state index is 13.4. The van der Waals surface area contributed by atoms with Crippen molar-refractivity contribution in [2.45, 2.75) is 73.9 Å². The van der Waals surface area contributed by atoms with E-state index in [1.54, 1.807) is 0 Å². The first-order chi connectivity index (χ1) is 14.7. The standard InChI is InChI=1S/C18H24F4O9S/c19-17(20,18(21,22)32(26,27)28)5-6-29-14(23)9-30-12-8-11(16(25)3-1-2-4-16)10-7-13(12)31-15(10)24/h10-13,25H,1-9H2,(H,26,27,28)/p-1. The Morgan fingerprint density at radius 1 is 1.22 bits per heavy atom. The van der Waals surface area contributed by atoms with Crippen LogP contribution in [-0.2, 0) is 33.9 Å². The Labute approximate surface area is 181 Å². The van der Waals surface area contributed by atoms with Gasteiger partial charge in [0.05, 0.1) is 30.7 Å². The first kappa shape index (κ1) is 25.1. The maximum atomic E-state index is 13.4. The molecule has 1 aliphatic heterocycles. The lowest BCUT2D eigenvalue weighted by Gasteiger charge is -2.40. The summed E-state index contributed by atoms with van der Waals surface area (Å²) >= 11 is 0. The molecule has 3 aliphatic rings. The number of rotatable bonds is 9. The van der Waals surface area contributed by atoms with Gasteiger partial charge in [0.2, 0.25) is 0 Å². The van der Waals surface area contributed by atoms with Crippen LogP contribution in [0.1, 0.15) is 44.9 Å². The summed E-state index contributed by atoms with van der Waals surface area (Å²) in [5, 5.41) is 5.05. The Bertz CT molecular complexity index is 841. The summed E-state index contributed by atoms with van der Waals surface area (Å²) in [4.78, 5) is 23.9. The zero-order chi connectivity index (χ0) is 23.9. The van der Waals surface area contributed by atoms with E-state index in [0.717, 1.165) is 12.8 Å². The lowest BCUT2D eigenvalue weighted by molar-refractivity contribution is -0.178. The first-order valence-electron chi connectivity index (χ1n) is 10.1. The third-order valence-corrected chi connectivity index (χ3v) is 7.36. The van der Waals surface area contributed by atoms with E-state index in [1.165, 1.54) is 0 Å². The van der Waals surface area contributed by atoms with E-state index < -0.39 is 82.5 Å². The molecule has 0 aromatic carbocycles. The fraction of sp³-hybridized carbons (Fsp3) is 0.889. The molecule has 0 aromatic rings. The molecule has 9 nitrogen and oxygen atoms in total. The second-order valence-corrected chi connectivity index (χ2v) is 9.89. The zero-order valence-electron chi connectivity index (χ0n) is 16.8. The Morgan fingerprint density at radius 3 is 2.44 bits per heavy atom. The van der Waals surface area contributed by atoms with Gasteiger partial charge in [0, 0.05) is 12.3 Å². The average molecular weight is 491 g/mol. The second kappa shape index (κ2) is 8.69. The van der Waals surface area contributed by atoms with E-state index in [0.29, 0.717) is 19.3 Å². The summed E-state index contributed by atoms with van der Waals surface area (Å²) in [7, 11) is -6.62. The number of carbonyl (C=O) groups is 2. The van der Waals surface area contributed by atoms with Crippen molar-refractivity contribution in [1.82, 2.24) is 0 Å². The highest BCUT2D eigenvalue weighted by molar-refractivity contribution is 7.86. The average Bonchev–Trinajstić information content (AvgIpc) is 3.25. The summed E-state index contributed by atoms with van der Waals surface area (Å²) in [5.74, 6) is -7.79. The predicted octanol–water partition coefficient (Wildman–Crippen LogP) is 1.33. The molecule has 3 fully saturated rings. The minimum atomic E-state index is -6.62. The van der Waals surface area contributed by atoms with Crippen LogP contribution in [-0.4, -0.2) is 72.2 Å². The minimum Gasteiger partial charge on any atom is -0.743 e. The van der Waals surface area contributed by atoms with Crippen molar-refractivity contribution in [1.29, 1.82) is 0 Å².